The lowest BCUT2D eigenvalue weighted by atomic mass is 9.89. The number of aliphatic hydroxyl groups excluding tert-OH is 1. The lowest BCUT2D eigenvalue weighted by Gasteiger charge is -2.33. The van der Waals surface area contributed by atoms with E-state index in [-0.39, 0.29) is 22.9 Å². The third-order valence-electron chi connectivity index (χ3n) is 6.37. The van der Waals surface area contributed by atoms with Crippen LogP contribution >= 0.6 is 0 Å². The predicted molar refractivity (Wildman–Crippen MR) is 115 cm³/mol. The Balaban J connectivity index is 1.67. The molecule has 2 atom stereocenters. The quantitative estimate of drug-likeness (QED) is 0.650. The van der Waals surface area contributed by atoms with E-state index in [9.17, 15) is 23.8 Å². The number of carboxylic acid groups (broad SMARTS) is 1. The van der Waals surface area contributed by atoms with Gasteiger partial charge in [-0.05, 0) is 48.9 Å². The maximum absolute atomic E-state index is 13.5. The summed E-state index contributed by atoms with van der Waals surface area (Å²) < 4.78 is 32.1. The SMILES string of the molecule is CC1Cc2ccc(-c3ccc4c(c3OC(F)F)N(C3CC3)C=C(C(=O)O)C4O)cc2CN1. The van der Waals surface area contributed by atoms with Gasteiger partial charge in [-0.1, -0.05) is 24.3 Å². The van der Waals surface area contributed by atoms with Crippen LogP contribution in [0.3, 0.4) is 0 Å². The molecule has 8 heteroatoms. The number of ether oxygens (including phenoxy) is 1. The van der Waals surface area contributed by atoms with Crippen LogP contribution in [0.15, 0.2) is 42.1 Å². The molecule has 0 amide bonds. The molecule has 0 aromatic heterocycles. The first kappa shape index (κ1) is 20.9. The van der Waals surface area contributed by atoms with E-state index in [0.29, 0.717) is 23.8 Å². The van der Waals surface area contributed by atoms with Gasteiger partial charge in [-0.25, -0.2) is 4.79 Å². The topological polar surface area (TPSA) is 82.0 Å². The van der Waals surface area contributed by atoms with E-state index < -0.39 is 18.7 Å². The zero-order chi connectivity index (χ0) is 22.6. The minimum absolute atomic E-state index is 0.0138. The molecular formula is C24H24F2N2O4. The molecule has 1 fully saturated rings. The van der Waals surface area contributed by atoms with Crippen LogP contribution in [0.5, 0.6) is 5.75 Å². The zero-order valence-electron chi connectivity index (χ0n) is 17.5. The highest BCUT2D eigenvalue weighted by Gasteiger charge is 2.39. The number of carboxylic acids is 1. The monoisotopic (exact) mass is 442 g/mol. The molecule has 2 aromatic rings. The van der Waals surface area contributed by atoms with E-state index in [2.05, 4.69) is 12.2 Å². The van der Waals surface area contributed by atoms with Gasteiger partial charge in [0.1, 0.15) is 6.10 Å². The molecule has 0 radical (unpaired) electrons. The molecule has 3 aliphatic rings. The number of nitrogens with one attached hydrogen (secondary N) is 1. The van der Waals surface area contributed by atoms with Gasteiger partial charge in [0.2, 0.25) is 0 Å². The molecule has 2 aliphatic heterocycles. The fourth-order valence-electron chi connectivity index (χ4n) is 4.62. The summed E-state index contributed by atoms with van der Waals surface area (Å²) in [7, 11) is 0. The van der Waals surface area contributed by atoms with Crippen LogP contribution in [0.25, 0.3) is 11.1 Å². The van der Waals surface area contributed by atoms with Crippen molar-refractivity contribution in [3.8, 4) is 16.9 Å². The number of alkyl halides is 2. The van der Waals surface area contributed by atoms with Gasteiger partial charge in [0.25, 0.3) is 0 Å². The van der Waals surface area contributed by atoms with E-state index in [1.807, 2.05) is 18.2 Å². The number of benzene rings is 2. The second-order valence-electron chi connectivity index (χ2n) is 8.66. The third-order valence-corrected chi connectivity index (χ3v) is 6.37. The highest BCUT2D eigenvalue weighted by Crippen LogP contribution is 2.51. The Hall–Kier alpha value is -2.97. The Bertz CT molecular complexity index is 1110. The van der Waals surface area contributed by atoms with Crippen molar-refractivity contribution < 1.29 is 28.5 Å². The molecule has 2 heterocycles. The van der Waals surface area contributed by atoms with Crippen LogP contribution in [0, 0.1) is 0 Å². The Morgan fingerprint density at radius 2 is 2.00 bits per heavy atom. The summed E-state index contributed by atoms with van der Waals surface area (Å²) in [5, 5.41) is 23.6. The van der Waals surface area contributed by atoms with Gasteiger partial charge in [-0.3, -0.25) is 0 Å². The Morgan fingerprint density at radius 1 is 1.22 bits per heavy atom. The second kappa shape index (κ2) is 7.86. The third kappa shape index (κ3) is 3.63. The van der Waals surface area contributed by atoms with Crippen LogP contribution < -0.4 is 15.0 Å². The number of fused-ring (bicyclic) bond motifs is 2. The number of hydrogen-bond donors (Lipinski definition) is 3. The predicted octanol–water partition coefficient (Wildman–Crippen LogP) is 3.97. The number of rotatable bonds is 5. The number of halogens is 2. The highest BCUT2D eigenvalue weighted by atomic mass is 19.3. The van der Waals surface area contributed by atoms with E-state index in [1.165, 1.54) is 11.8 Å². The van der Waals surface area contributed by atoms with Crippen LogP contribution in [0.2, 0.25) is 0 Å². The normalized spacial score (nSPS) is 22.3. The number of carbonyl (C=O) groups is 1. The molecule has 0 saturated heterocycles. The van der Waals surface area contributed by atoms with Gasteiger partial charge < -0.3 is 25.2 Å². The van der Waals surface area contributed by atoms with Gasteiger partial charge in [-0.2, -0.15) is 8.78 Å². The lowest BCUT2D eigenvalue weighted by Crippen LogP contribution is -2.32. The summed E-state index contributed by atoms with van der Waals surface area (Å²) in [6.07, 6.45) is 2.43. The molecule has 6 nitrogen and oxygen atoms in total. The number of nitrogens with zero attached hydrogens (tertiary/aromatic N) is 1. The molecule has 0 bridgehead atoms. The molecule has 5 rings (SSSR count). The van der Waals surface area contributed by atoms with Crippen molar-refractivity contribution in [3.63, 3.8) is 0 Å². The fourth-order valence-corrected chi connectivity index (χ4v) is 4.62. The van der Waals surface area contributed by atoms with Crippen molar-refractivity contribution in [2.45, 2.75) is 57.5 Å². The summed E-state index contributed by atoms with van der Waals surface area (Å²) in [6, 6.07) is 9.49. The largest absolute Gasteiger partial charge is 0.478 e. The molecule has 3 N–H and O–H groups in total. The number of anilines is 1. The first-order valence-corrected chi connectivity index (χ1v) is 10.7. The first-order chi connectivity index (χ1) is 15.3. The Kier molecular flexibility index (Phi) is 5.14. The molecule has 2 aromatic carbocycles. The van der Waals surface area contributed by atoms with Crippen molar-refractivity contribution in [3.05, 3.63) is 58.8 Å². The Labute approximate surface area is 184 Å². The van der Waals surface area contributed by atoms with E-state index in [0.717, 1.165) is 30.4 Å². The summed E-state index contributed by atoms with van der Waals surface area (Å²) in [5.74, 6) is -1.29. The molecule has 2 unspecified atom stereocenters. The van der Waals surface area contributed by atoms with Crippen molar-refractivity contribution in [2.24, 2.45) is 0 Å². The number of hydrogen-bond acceptors (Lipinski definition) is 5. The van der Waals surface area contributed by atoms with Crippen LogP contribution in [0.1, 0.15) is 42.6 Å². The highest BCUT2D eigenvalue weighted by molar-refractivity contribution is 5.93. The summed E-state index contributed by atoms with van der Waals surface area (Å²) >= 11 is 0. The van der Waals surface area contributed by atoms with Crippen molar-refractivity contribution in [1.82, 2.24) is 5.32 Å². The number of aliphatic carboxylic acids is 1. The minimum Gasteiger partial charge on any atom is -0.478 e. The first-order valence-electron chi connectivity index (χ1n) is 10.7. The second-order valence-corrected chi connectivity index (χ2v) is 8.66. The molecule has 1 aliphatic carbocycles. The van der Waals surface area contributed by atoms with Crippen LogP contribution in [0.4, 0.5) is 14.5 Å². The maximum Gasteiger partial charge on any atom is 0.387 e. The average molecular weight is 442 g/mol. The van der Waals surface area contributed by atoms with Gasteiger partial charge in [0.05, 0.1) is 11.3 Å². The summed E-state index contributed by atoms with van der Waals surface area (Å²) in [6.45, 7) is -0.257. The molecule has 32 heavy (non-hydrogen) atoms. The van der Waals surface area contributed by atoms with Gasteiger partial charge in [0, 0.05) is 36.0 Å². The smallest absolute Gasteiger partial charge is 0.387 e. The number of aliphatic hydroxyl groups is 1. The summed E-state index contributed by atoms with van der Waals surface area (Å²) in [5.41, 5.74) is 3.92. The molecule has 1 saturated carbocycles. The molecule has 0 spiro atoms. The van der Waals surface area contributed by atoms with Crippen LogP contribution in [-0.4, -0.2) is 34.9 Å². The van der Waals surface area contributed by atoms with Crippen molar-refractivity contribution in [2.75, 3.05) is 4.90 Å². The van der Waals surface area contributed by atoms with Gasteiger partial charge in [-0.15, -0.1) is 0 Å². The maximum atomic E-state index is 13.5. The van der Waals surface area contributed by atoms with E-state index in [1.54, 1.807) is 17.0 Å². The Morgan fingerprint density at radius 3 is 2.69 bits per heavy atom. The summed E-state index contributed by atoms with van der Waals surface area (Å²) in [4.78, 5) is 13.3. The zero-order valence-corrected chi connectivity index (χ0v) is 17.5. The van der Waals surface area contributed by atoms with E-state index in [4.69, 9.17) is 4.74 Å². The minimum atomic E-state index is -3.07. The fraction of sp³-hybridized carbons (Fsp3) is 0.375. The standard InChI is InChI=1S/C24H24F2N2O4/c1-12-8-13-2-3-14(9-15(13)10-27-12)17-6-7-18-20(22(17)32-24(25)26)28(16-4-5-16)11-19(21(18)29)23(30)31/h2-3,6-7,9,11-12,16,21,24,27,29H,4-5,8,10H2,1H3,(H,30,31). The van der Waals surface area contributed by atoms with Gasteiger partial charge >= 0.3 is 12.6 Å². The molecule has 168 valence electrons. The van der Waals surface area contributed by atoms with Gasteiger partial charge in [0.15, 0.2) is 5.75 Å². The lowest BCUT2D eigenvalue weighted by molar-refractivity contribution is -0.133. The molecular weight excluding hydrogens is 418 g/mol. The van der Waals surface area contributed by atoms with Crippen molar-refractivity contribution in [1.29, 1.82) is 0 Å². The van der Waals surface area contributed by atoms with Crippen LogP contribution in [-0.2, 0) is 17.8 Å². The van der Waals surface area contributed by atoms with E-state index >= 15 is 0 Å². The van der Waals surface area contributed by atoms with Crippen molar-refractivity contribution >= 4 is 11.7 Å². The average Bonchev–Trinajstić information content (AvgIpc) is 3.58.